The van der Waals surface area contributed by atoms with Gasteiger partial charge >= 0.3 is 0 Å². The van der Waals surface area contributed by atoms with Crippen LogP contribution in [0, 0.1) is 5.92 Å². The van der Waals surface area contributed by atoms with E-state index in [-0.39, 0.29) is 5.92 Å². The second-order valence-corrected chi connectivity index (χ2v) is 5.21. The van der Waals surface area contributed by atoms with Crippen LogP contribution in [-0.4, -0.2) is 61.5 Å². The van der Waals surface area contributed by atoms with Gasteiger partial charge in [-0.05, 0) is 32.4 Å². The normalized spacial score (nSPS) is 27.1. The fourth-order valence-electron chi connectivity index (χ4n) is 2.83. The first kappa shape index (κ1) is 12.8. The Balaban J connectivity index is 1.77. The Bertz CT molecular complexity index is 243. The standard InChI is InChI=1S/C13H25N3O/c1-2-6-15-7-9-16(10-8-15)13(17)12-4-3-5-14-11-12/h12,14H,2-11H2,1H3. The predicted molar refractivity (Wildman–Crippen MR) is 68.9 cm³/mol. The molecule has 4 nitrogen and oxygen atoms in total. The zero-order valence-corrected chi connectivity index (χ0v) is 11.0. The second kappa shape index (κ2) is 6.36. The molecule has 0 aromatic heterocycles. The van der Waals surface area contributed by atoms with Crippen LogP contribution in [0.1, 0.15) is 26.2 Å². The smallest absolute Gasteiger partial charge is 0.227 e. The fraction of sp³-hybridized carbons (Fsp3) is 0.923. The number of piperidine rings is 1. The zero-order valence-electron chi connectivity index (χ0n) is 11.0. The first-order chi connectivity index (χ1) is 8.31. The largest absolute Gasteiger partial charge is 0.340 e. The lowest BCUT2D eigenvalue weighted by Gasteiger charge is -2.37. The summed E-state index contributed by atoms with van der Waals surface area (Å²) in [6, 6.07) is 0. The SMILES string of the molecule is CCCN1CCN(C(=O)C2CCCNC2)CC1. The molecule has 0 aliphatic carbocycles. The summed E-state index contributed by atoms with van der Waals surface area (Å²) in [5.41, 5.74) is 0. The van der Waals surface area contributed by atoms with Crippen LogP contribution in [0.4, 0.5) is 0 Å². The third-order valence-corrected chi connectivity index (χ3v) is 3.87. The van der Waals surface area contributed by atoms with Crippen LogP contribution in [0.3, 0.4) is 0 Å². The first-order valence-electron chi connectivity index (χ1n) is 7.03. The Labute approximate surface area is 104 Å². The van der Waals surface area contributed by atoms with Gasteiger partial charge in [-0.3, -0.25) is 9.69 Å². The molecular formula is C13H25N3O. The minimum Gasteiger partial charge on any atom is -0.340 e. The molecule has 2 fully saturated rings. The number of amides is 1. The number of nitrogens with one attached hydrogen (secondary N) is 1. The summed E-state index contributed by atoms with van der Waals surface area (Å²) in [5.74, 6) is 0.620. The van der Waals surface area contributed by atoms with Gasteiger partial charge < -0.3 is 10.2 Å². The number of carbonyl (C=O) groups excluding carboxylic acids is 1. The maximum Gasteiger partial charge on any atom is 0.227 e. The van der Waals surface area contributed by atoms with Crippen molar-refractivity contribution in [1.29, 1.82) is 0 Å². The van der Waals surface area contributed by atoms with Crippen molar-refractivity contribution in [3.05, 3.63) is 0 Å². The van der Waals surface area contributed by atoms with E-state index in [0.29, 0.717) is 5.91 Å². The Morgan fingerprint density at radius 2 is 2.06 bits per heavy atom. The van der Waals surface area contributed by atoms with E-state index in [2.05, 4.69) is 22.0 Å². The quantitative estimate of drug-likeness (QED) is 0.781. The van der Waals surface area contributed by atoms with Gasteiger partial charge in [0.2, 0.25) is 5.91 Å². The number of carbonyl (C=O) groups is 1. The highest BCUT2D eigenvalue weighted by Gasteiger charge is 2.27. The molecular weight excluding hydrogens is 214 g/mol. The second-order valence-electron chi connectivity index (χ2n) is 5.21. The van der Waals surface area contributed by atoms with Gasteiger partial charge in [0, 0.05) is 32.7 Å². The maximum atomic E-state index is 12.3. The maximum absolute atomic E-state index is 12.3. The molecule has 1 amide bonds. The van der Waals surface area contributed by atoms with E-state index in [1.54, 1.807) is 0 Å². The van der Waals surface area contributed by atoms with E-state index in [9.17, 15) is 4.79 Å². The third-order valence-electron chi connectivity index (χ3n) is 3.87. The molecule has 2 saturated heterocycles. The van der Waals surface area contributed by atoms with Gasteiger partial charge in [0.1, 0.15) is 0 Å². The predicted octanol–water partition coefficient (Wildman–Crippen LogP) is 0.540. The van der Waals surface area contributed by atoms with Gasteiger partial charge in [-0.1, -0.05) is 6.92 Å². The van der Waals surface area contributed by atoms with Crippen LogP contribution in [0.5, 0.6) is 0 Å². The summed E-state index contributed by atoms with van der Waals surface area (Å²) >= 11 is 0. The molecule has 2 aliphatic heterocycles. The van der Waals surface area contributed by atoms with Crippen molar-refractivity contribution >= 4 is 5.91 Å². The average Bonchev–Trinajstić information content (AvgIpc) is 2.40. The van der Waals surface area contributed by atoms with Crippen LogP contribution in [0.25, 0.3) is 0 Å². The molecule has 2 aliphatic rings. The van der Waals surface area contributed by atoms with Crippen molar-refractivity contribution in [3.63, 3.8) is 0 Å². The Hall–Kier alpha value is -0.610. The minimum absolute atomic E-state index is 0.237. The number of nitrogens with zero attached hydrogens (tertiary/aromatic N) is 2. The molecule has 0 saturated carbocycles. The minimum atomic E-state index is 0.237. The van der Waals surface area contributed by atoms with E-state index >= 15 is 0 Å². The molecule has 0 aromatic rings. The molecule has 4 heteroatoms. The van der Waals surface area contributed by atoms with Crippen molar-refractivity contribution in [3.8, 4) is 0 Å². The Morgan fingerprint density at radius 1 is 1.29 bits per heavy atom. The fourth-order valence-corrected chi connectivity index (χ4v) is 2.83. The third kappa shape index (κ3) is 3.42. The van der Waals surface area contributed by atoms with Gasteiger partial charge in [0.15, 0.2) is 0 Å². The number of hydrogen-bond acceptors (Lipinski definition) is 3. The highest BCUT2D eigenvalue weighted by atomic mass is 16.2. The number of rotatable bonds is 3. The number of hydrogen-bond donors (Lipinski definition) is 1. The van der Waals surface area contributed by atoms with Gasteiger partial charge in [-0.25, -0.2) is 0 Å². The lowest BCUT2D eigenvalue weighted by atomic mass is 9.98. The van der Waals surface area contributed by atoms with Gasteiger partial charge in [0.05, 0.1) is 5.92 Å². The van der Waals surface area contributed by atoms with Crippen LogP contribution < -0.4 is 5.32 Å². The van der Waals surface area contributed by atoms with E-state index in [1.165, 1.54) is 13.0 Å². The van der Waals surface area contributed by atoms with Gasteiger partial charge in [0.25, 0.3) is 0 Å². The van der Waals surface area contributed by atoms with Crippen molar-refractivity contribution in [2.75, 3.05) is 45.8 Å². The van der Waals surface area contributed by atoms with Crippen molar-refractivity contribution < 1.29 is 4.79 Å². The lowest BCUT2D eigenvalue weighted by molar-refractivity contribution is -0.137. The average molecular weight is 239 g/mol. The summed E-state index contributed by atoms with van der Waals surface area (Å²) < 4.78 is 0. The molecule has 0 radical (unpaired) electrons. The van der Waals surface area contributed by atoms with E-state index < -0.39 is 0 Å². The van der Waals surface area contributed by atoms with E-state index in [4.69, 9.17) is 0 Å². The molecule has 0 bridgehead atoms. The molecule has 2 rings (SSSR count). The molecule has 0 spiro atoms. The monoisotopic (exact) mass is 239 g/mol. The van der Waals surface area contributed by atoms with E-state index in [1.807, 2.05) is 0 Å². The summed E-state index contributed by atoms with van der Waals surface area (Å²) in [4.78, 5) is 16.8. The van der Waals surface area contributed by atoms with Crippen molar-refractivity contribution in [1.82, 2.24) is 15.1 Å². The highest BCUT2D eigenvalue weighted by Crippen LogP contribution is 2.15. The Kier molecular flexibility index (Phi) is 4.80. The summed E-state index contributed by atoms with van der Waals surface area (Å²) in [6.45, 7) is 9.31. The zero-order chi connectivity index (χ0) is 12.1. The Morgan fingerprint density at radius 3 is 2.65 bits per heavy atom. The lowest BCUT2D eigenvalue weighted by Crippen LogP contribution is -2.52. The van der Waals surface area contributed by atoms with Crippen LogP contribution in [0.15, 0.2) is 0 Å². The summed E-state index contributed by atoms with van der Waals surface area (Å²) in [7, 11) is 0. The molecule has 17 heavy (non-hydrogen) atoms. The molecule has 2 heterocycles. The van der Waals surface area contributed by atoms with Crippen molar-refractivity contribution in [2.45, 2.75) is 26.2 Å². The first-order valence-corrected chi connectivity index (χ1v) is 7.03. The molecule has 0 aromatic carbocycles. The molecule has 98 valence electrons. The van der Waals surface area contributed by atoms with Crippen LogP contribution in [-0.2, 0) is 4.79 Å². The van der Waals surface area contributed by atoms with Crippen LogP contribution >= 0.6 is 0 Å². The van der Waals surface area contributed by atoms with Gasteiger partial charge in [-0.2, -0.15) is 0 Å². The van der Waals surface area contributed by atoms with E-state index in [0.717, 1.165) is 52.1 Å². The number of piperazine rings is 1. The summed E-state index contributed by atoms with van der Waals surface area (Å²) in [5, 5.41) is 3.33. The molecule has 1 atom stereocenters. The highest BCUT2D eigenvalue weighted by molar-refractivity contribution is 5.79. The van der Waals surface area contributed by atoms with Gasteiger partial charge in [-0.15, -0.1) is 0 Å². The topological polar surface area (TPSA) is 35.6 Å². The molecule has 1 unspecified atom stereocenters. The van der Waals surface area contributed by atoms with Crippen molar-refractivity contribution in [2.24, 2.45) is 5.92 Å². The summed E-state index contributed by atoms with van der Waals surface area (Å²) in [6.07, 6.45) is 3.42. The molecule has 1 N–H and O–H groups in total. The van der Waals surface area contributed by atoms with Crippen LogP contribution in [0.2, 0.25) is 0 Å².